The van der Waals surface area contributed by atoms with Gasteiger partial charge in [0, 0.05) is 31.7 Å². The van der Waals surface area contributed by atoms with Gasteiger partial charge in [0.1, 0.15) is 17.3 Å². The van der Waals surface area contributed by atoms with Crippen LogP contribution in [0.2, 0.25) is 0 Å². The predicted molar refractivity (Wildman–Crippen MR) is 128 cm³/mol. The summed E-state index contributed by atoms with van der Waals surface area (Å²) < 4.78 is 36.3. The minimum atomic E-state index is -4.07. The highest BCUT2D eigenvalue weighted by atomic mass is 32.2. The van der Waals surface area contributed by atoms with Crippen LogP contribution in [0, 0.1) is 0 Å². The van der Waals surface area contributed by atoms with Gasteiger partial charge >= 0.3 is 0 Å². The highest BCUT2D eigenvalue weighted by Gasteiger charge is 2.27. The molecule has 3 aromatic rings. The highest BCUT2D eigenvalue weighted by molar-refractivity contribution is 7.85. The summed E-state index contributed by atoms with van der Waals surface area (Å²) in [4.78, 5) is -0.185. The third-order valence-electron chi connectivity index (χ3n) is 5.68. The molecule has 8 nitrogen and oxygen atoms in total. The molecule has 9 heteroatoms. The van der Waals surface area contributed by atoms with Gasteiger partial charge in [0.2, 0.25) is 0 Å². The van der Waals surface area contributed by atoms with Gasteiger partial charge in [-0.2, -0.15) is 13.5 Å². The third kappa shape index (κ3) is 7.13. The quantitative estimate of drug-likeness (QED) is 0.357. The molecule has 0 aliphatic heterocycles. The van der Waals surface area contributed by atoms with E-state index in [0.29, 0.717) is 12.5 Å². The van der Waals surface area contributed by atoms with Crippen LogP contribution in [0.15, 0.2) is 65.8 Å². The number of likely N-dealkylation sites (N-methyl/N-ethyl adjacent to an activating group) is 1. The fraction of sp³-hybridized carbons (Fsp3) is 0.375. The first-order chi connectivity index (χ1) is 15.8. The molecule has 0 amide bonds. The van der Waals surface area contributed by atoms with Crippen molar-refractivity contribution in [3.8, 4) is 5.75 Å². The number of nitrogens with one attached hydrogen (secondary N) is 1. The summed E-state index contributed by atoms with van der Waals surface area (Å²) in [6.07, 6.45) is 5.42. The second-order valence-electron chi connectivity index (χ2n) is 8.14. The molecule has 0 bridgehead atoms. The van der Waals surface area contributed by atoms with Crippen LogP contribution in [0.25, 0.3) is 0 Å². The molecule has 0 saturated heterocycles. The van der Waals surface area contributed by atoms with Crippen molar-refractivity contribution in [2.24, 2.45) is 12.8 Å². The standard InChI is InChI=1S/C20H26N2O.C4H6N2O3S/c1-22-11-12-23-17-9-7-16-8-10-20(21)19(18(16)14-17)13-15-5-3-2-4-6-15;1-6-3-4(2-5-6)10(7,8)9/h2-7,9,14,19-20,22H,8,10-13,21H2,1H3;2-3H,1H3,(H,7,8,9). The lowest BCUT2D eigenvalue weighted by molar-refractivity contribution is 0.317. The van der Waals surface area contributed by atoms with Crippen LogP contribution in [-0.4, -0.2) is 49.0 Å². The van der Waals surface area contributed by atoms with Crippen LogP contribution in [-0.2, 0) is 30.0 Å². The maximum atomic E-state index is 10.3. The molecule has 178 valence electrons. The number of nitrogens with two attached hydrogens (primary N) is 1. The Morgan fingerprint density at radius 1 is 1.24 bits per heavy atom. The minimum Gasteiger partial charge on any atom is -0.492 e. The van der Waals surface area contributed by atoms with Gasteiger partial charge in [-0.25, -0.2) is 0 Å². The Morgan fingerprint density at radius 2 is 2.00 bits per heavy atom. The zero-order chi connectivity index (χ0) is 23.8. The van der Waals surface area contributed by atoms with Gasteiger partial charge in [-0.15, -0.1) is 0 Å². The van der Waals surface area contributed by atoms with Gasteiger partial charge in [0.15, 0.2) is 0 Å². The molecule has 2 unspecified atom stereocenters. The molecule has 4 rings (SSSR count). The van der Waals surface area contributed by atoms with Crippen molar-refractivity contribution < 1.29 is 17.7 Å². The molecule has 1 heterocycles. The van der Waals surface area contributed by atoms with E-state index in [4.69, 9.17) is 15.0 Å². The summed E-state index contributed by atoms with van der Waals surface area (Å²) in [5.41, 5.74) is 10.6. The smallest absolute Gasteiger partial charge is 0.297 e. The number of hydrogen-bond donors (Lipinski definition) is 3. The van der Waals surface area contributed by atoms with E-state index >= 15 is 0 Å². The Hall–Kier alpha value is -2.72. The van der Waals surface area contributed by atoms with Gasteiger partial charge in [-0.05, 0) is 55.1 Å². The number of aromatic nitrogens is 2. The average Bonchev–Trinajstić information content (AvgIpc) is 3.24. The van der Waals surface area contributed by atoms with Gasteiger partial charge in [-0.3, -0.25) is 9.23 Å². The first kappa shape index (κ1) is 24.9. The number of fused-ring (bicyclic) bond motifs is 1. The topological polar surface area (TPSA) is 119 Å². The molecule has 1 aromatic heterocycles. The van der Waals surface area contributed by atoms with Crippen LogP contribution in [0.1, 0.15) is 29.0 Å². The van der Waals surface area contributed by atoms with Crippen molar-refractivity contribution in [3.05, 3.63) is 77.6 Å². The molecule has 2 aromatic carbocycles. The van der Waals surface area contributed by atoms with Crippen LogP contribution in [0.4, 0.5) is 0 Å². The SMILES string of the molecule is CNCCOc1ccc2c(c1)C(Cc1ccccc1)C(N)CC2.Cn1cc(S(=O)(=O)O)cn1. The van der Waals surface area contributed by atoms with Crippen molar-refractivity contribution in [1.29, 1.82) is 0 Å². The van der Waals surface area contributed by atoms with E-state index in [1.54, 1.807) is 7.05 Å². The number of aryl methyl sites for hydroxylation is 2. The zero-order valence-electron chi connectivity index (χ0n) is 19.0. The molecule has 0 saturated carbocycles. The van der Waals surface area contributed by atoms with E-state index < -0.39 is 10.1 Å². The lowest BCUT2D eigenvalue weighted by Gasteiger charge is -2.32. The molecular weight excluding hydrogens is 440 g/mol. The van der Waals surface area contributed by atoms with E-state index in [9.17, 15) is 8.42 Å². The zero-order valence-corrected chi connectivity index (χ0v) is 19.8. The van der Waals surface area contributed by atoms with Gasteiger partial charge in [0.25, 0.3) is 10.1 Å². The lowest BCUT2D eigenvalue weighted by Crippen LogP contribution is -2.34. The lowest BCUT2D eigenvalue weighted by atomic mass is 9.76. The van der Waals surface area contributed by atoms with Crippen LogP contribution in [0.5, 0.6) is 5.75 Å². The predicted octanol–water partition coefficient (Wildman–Crippen LogP) is 2.55. The fourth-order valence-electron chi connectivity index (χ4n) is 3.92. The number of rotatable bonds is 7. The Labute approximate surface area is 195 Å². The van der Waals surface area contributed by atoms with Crippen molar-refractivity contribution in [2.75, 3.05) is 20.2 Å². The maximum Gasteiger partial charge on any atom is 0.297 e. The largest absolute Gasteiger partial charge is 0.492 e. The second kappa shape index (κ2) is 11.4. The van der Waals surface area contributed by atoms with Crippen LogP contribution in [0.3, 0.4) is 0 Å². The summed E-state index contributed by atoms with van der Waals surface area (Å²) in [6.45, 7) is 1.54. The minimum absolute atomic E-state index is 0.185. The number of nitrogens with zero attached hydrogens (tertiary/aromatic N) is 2. The molecule has 1 aliphatic carbocycles. The fourth-order valence-corrected chi connectivity index (χ4v) is 4.39. The van der Waals surface area contributed by atoms with Crippen LogP contribution >= 0.6 is 0 Å². The van der Waals surface area contributed by atoms with E-state index in [1.165, 1.54) is 27.6 Å². The normalized spacial score (nSPS) is 17.6. The maximum absolute atomic E-state index is 10.3. The summed E-state index contributed by atoms with van der Waals surface area (Å²) in [5.74, 6) is 1.32. The van der Waals surface area contributed by atoms with E-state index in [0.717, 1.165) is 37.8 Å². The number of hydrogen-bond acceptors (Lipinski definition) is 6. The van der Waals surface area contributed by atoms with Gasteiger partial charge in [0.05, 0.1) is 6.20 Å². The molecule has 2 atom stereocenters. The molecule has 0 radical (unpaired) electrons. The summed E-state index contributed by atoms with van der Waals surface area (Å²) in [5, 5.41) is 6.66. The van der Waals surface area contributed by atoms with Crippen molar-refractivity contribution in [1.82, 2.24) is 15.1 Å². The van der Waals surface area contributed by atoms with E-state index in [1.807, 2.05) is 7.05 Å². The highest BCUT2D eigenvalue weighted by Crippen LogP contribution is 2.35. The van der Waals surface area contributed by atoms with Gasteiger partial charge < -0.3 is 15.8 Å². The second-order valence-corrected chi connectivity index (χ2v) is 9.56. The Morgan fingerprint density at radius 3 is 2.61 bits per heavy atom. The summed E-state index contributed by atoms with van der Waals surface area (Å²) >= 11 is 0. The molecule has 0 fully saturated rings. The average molecular weight is 473 g/mol. The van der Waals surface area contributed by atoms with E-state index in [-0.39, 0.29) is 10.9 Å². The molecule has 0 spiro atoms. The first-order valence-electron chi connectivity index (χ1n) is 10.9. The van der Waals surface area contributed by atoms with Gasteiger partial charge in [-0.1, -0.05) is 36.4 Å². The monoisotopic (exact) mass is 472 g/mol. The Bertz CT molecular complexity index is 1130. The molecule has 4 N–H and O–H groups in total. The number of ether oxygens (including phenoxy) is 1. The number of benzene rings is 2. The van der Waals surface area contributed by atoms with Crippen molar-refractivity contribution in [3.63, 3.8) is 0 Å². The summed E-state index contributed by atoms with van der Waals surface area (Å²) in [7, 11) is -0.566. The van der Waals surface area contributed by atoms with E-state index in [2.05, 4.69) is 58.9 Å². The molecule has 33 heavy (non-hydrogen) atoms. The third-order valence-corrected chi connectivity index (χ3v) is 6.49. The Kier molecular flexibility index (Phi) is 8.62. The first-order valence-corrected chi connectivity index (χ1v) is 12.4. The molecule has 1 aliphatic rings. The summed E-state index contributed by atoms with van der Waals surface area (Å²) in [6, 6.07) is 17.4. The Balaban J connectivity index is 0.000000257. The van der Waals surface area contributed by atoms with Crippen LogP contribution < -0.4 is 15.8 Å². The molecular formula is C24H32N4O4S. The van der Waals surface area contributed by atoms with Crippen molar-refractivity contribution >= 4 is 10.1 Å². The van der Waals surface area contributed by atoms with Crippen molar-refractivity contribution in [2.45, 2.75) is 36.1 Å².